The summed E-state index contributed by atoms with van der Waals surface area (Å²) in [5, 5.41) is 3.66. The van der Waals surface area contributed by atoms with Gasteiger partial charge in [0.15, 0.2) is 0 Å². The normalized spacial score (nSPS) is 10.3. The largest absolute Gasteiger partial charge is 0.353 e. The van der Waals surface area contributed by atoms with E-state index in [9.17, 15) is 4.79 Å². The van der Waals surface area contributed by atoms with Crippen molar-refractivity contribution in [3.05, 3.63) is 64.9 Å². The van der Waals surface area contributed by atoms with E-state index in [1.807, 2.05) is 29.9 Å². The molecule has 2 rings (SSSR count). The van der Waals surface area contributed by atoms with E-state index in [-0.39, 0.29) is 6.03 Å². The van der Waals surface area contributed by atoms with Gasteiger partial charge in [-0.1, -0.05) is 29.3 Å². The molecule has 1 N–H and O–H groups in total. The number of hydrogen-bond donors (Lipinski definition) is 1. The van der Waals surface area contributed by atoms with Crippen LogP contribution in [0.3, 0.4) is 0 Å². The van der Waals surface area contributed by atoms with Crippen molar-refractivity contribution in [2.45, 2.75) is 6.54 Å². The highest BCUT2D eigenvalue weighted by atomic mass is 35.5. The minimum absolute atomic E-state index is 0.223. The number of benzene rings is 1. The van der Waals surface area contributed by atoms with E-state index in [0.717, 1.165) is 5.69 Å². The van der Waals surface area contributed by atoms with Gasteiger partial charge in [0.05, 0.1) is 16.6 Å². The second kappa shape index (κ2) is 7.38. The Hall–Kier alpha value is -1.91. The van der Waals surface area contributed by atoms with Crippen LogP contribution in [0.25, 0.3) is 0 Å². The number of hydrogen-bond acceptors (Lipinski definition) is 1. The van der Waals surface area contributed by atoms with Gasteiger partial charge in [-0.3, -0.25) is 0 Å². The molecule has 0 radical (unpaired) electrons. The van der Waals surface area contributed by atoms with Crippen LogP contribution in [-0.2, 0) is 13.6 Å². The lowest BCUT2D eigenvalue weighted by molar-refractivity contribution is 0.214. The number of carbonyl (C=O) groups is 1. The SMILES string of the molecule is C=CCN(Cc1cccn1C)C(=O)Nc1ccc(Cl)c(Cl)c1. The molecule has 1 aromatic heterocycles. The highest BCUT2D eigenvalue weighted by molar-refractivity contribution is 6.42. The van der Waals surface area contributed by atoms with E-state index in [4.69, 9.17) is 23.2 Å². The molecule has 1 aromatic carbocycles. The summed E-state index contributed by atoms with van der Waals surface area (Å²) in [4.78, 5) is 14.1. The fraction of sp³-hybridized carbons (Fsp3) is 0.188. The van der Waals surface area contributed by atoms with Gasteiger partial charge in [-0.05, 0) is 30.3 Å². The Morgan fingerprint density at radius 2 is 2.14 bits per heavy atom. The fourth-order valence-corrected chi connectivity index (χ4v) is 2.31. The highest BCUT2D eigenvalue weighted by Crippen LogP contribution is 2.25. The molecule has 22 heavy (non-hydrogen) atoms. The van der Waals surface area contributed by atoms with Gasteiger partial charge in [0, 0.05) is 31.2 Å². The third kappa shape index (κ3) is 4.06. The van der Waals surface area contributed by atoms with Crippen molar-refractivity contribution in [1.29, 1.82) is 0 Å². The molecule has 0 atom stereocenters. The van der Waals surface area contributed by atoms with Crippen LogP contribution >= 0.6 is 23.2 Å². The molecule has 0 aliphatic rings. The van der Waals surface area contributed by atoms with E-state index < -0.39 is 0 Å². The fourth-order valence-electron chi connectivity index (χ4n) is 2.01. The molecule has 6 heteroatoms. The van der Waals surface area contributed by atoms with Crippen molar-refractivity contribution >= 4 is 34.9 Å². The molecule has 0 spiro atoms. The molecule has 0 unspecified atom stereocenters. The third-order valence-corrected chi connectivity index (χ3v) is 3.95. The molecule has 0 fully saturated rings. The lowest BCUT2D eigenvalue weighted by atomic mass is 10.3. The highest BCUT2D eigenvalue weighted by Gasteiger charge is 2.14. The van der Waals surface area contributed by atoms with Crippen LogP contribution in [0.15, 0.2) is 49.2 Å². The molecule has 1 heterocycles. The smallest absolute Gasteiger partial charge is 0.322 e. The Labute approximate surface area is 139 Å². The summed E-state index contributed by atoms with van der Waals surface area (Å²) >= 11 is 11.8. The lowest BCUT2D eigenvalue weighted by Gasteiger charge is -2.22. The minimum Gasteiger partial charge on any atom is -0.353 e. The quantitative estimate of drug-likeness (QED) is 0.798. The van der Waals surface area contributed by atoms with Gasteiger partial charge in [0.25, 0.3) is 0 Å². The van der Waals surface area contributed by atoms with Gasteiger partial charge < -0.3 is 14.8 Å². The molecule has 0 saturated heterocycles. The van der Waals surface area contributed by atoms with Gasteiger partial charge in [-0.2, -0.15) is 0 Å². The molecule has 0 saturated carbocycles. The lowest BCUT2D eigenvalue weighted by Crippen LogP contribution is -2.35. The Balaban J connectivity index is 2.10. The molecule has 0 aliphatic heterocycles. The molecular formula is C16H17Cl2N3O. The predicted molar refractivity (Wildman–Crippen MR) is 91.5 cm³/mol. The van der Waals surface area contributed by atoms with Crippen LogP contribution in [0, 0.1) is 0 Å². The summed E-state index contributed by atoms with van der Waals surface area (Å²) in [6.45, 7) is 4.63. The maximum atomic E-state index is 12.4. The first-order chi connectivity index (χ1) is 10.5. The number of amides is 2. The van der Waals surface area contributed by atoms with E-state index in [0.29, 0.717) is 28.8 Å². The van der Waals surface area contributed by atoms with Gasteiger partial charge in [0.1, 0.15) is 0 Å². The first kappa shape index (κ1) is 16.5. The molecule has 116 valence electrons. The monoisotopic (exact) mass is 337 g/mol. The summed E-state index contributed by atoms with van der Waals surface area (Å²) < 4.78 is 1.97. The number of anilines is 1. The van der Waals surface area contributed by atoms with Crippen LogP contribution in [0.5, 0.6) is 0 Å². The number of nitrogens with one attached hydrogen (secondary N) is 1. The van der Waals surface area contributed by atoms with Crippen LogP contribution < -0.4 is 5.32 Å². The third-order valence-electron chi connectivity index (χ3n) is 3.21. The molecule has 2 amide bonds. The van der Waals surface area contributed by atoms with Crippen LogP contribution in [0.4, 0.5) is 10.5 Å². The molecule has 2 aromatic rings. The Bertz CT molecular complexity index is 682. The number of carbonyl (C=O) groups excluding carboxylic acids is 1. The summed E-state index contributed by atoms with van der Waals surface area (Å²) in [6, 6.07) is 8.67. The number of halogens is 2. The number of urea groups is 1. The second-order valence-electron chi connectivity index (χ2n) is 4.84. The predicted octanol–water partition coefficient (Wildman–Crippen LogP) is 4.55. The average molecular weight is 338 g/mol. The van der Waals surface area contributed by atoms with Crippen molar-refractivity contribution in [1.82, 2.24) is 9.47 Å². The first-order valence-corrected chi connectivity index (χ1v) is 7.49. The van der Waals surface area contributed by atoms with E-state index in [2.05, 4.69) is 11.9 Å². The second-order valence-corrected chi connectivity index (χ2v) is 5.65. The zero-order valence-electron chi connectivity index (χ0n) is 12.2. The number of rotatable bonds is 5. The molecule has 0 aliphatic carbocycles. The van der Waals surface area contributed by atoms with Crippen LogP contribution in [0.1, 0.15) is 5.69 Å². The standard InChI is InChI=1S/C16H17Cl2N3O/c1-3-8-21(11-13-5-4-9-20(13)2)16(22)19-12-6-7-14(17)15(18)10-12/h3-7,9-10H,1,8,11H2,2H3,(H,19,22). The average Bonchev–Trinajstić information content (AvgIpc) is 2.88. The van der Waals surface area contributed by atoms with Gasteiger partial charge >= 0.3 is 6.03 Å². The summed E-state index contributed by atoms with van der Waals surface area (Å²) in [6.07, 6.45) is 3.63. The van der Waals surface area contributed by atoms with Crippen LogP contribution in [-0.4, -0.2) is 22.0 Å². The maximum absolute atomic E-state index is 12.4. The number of aromatic nitrogens is 1. The van der Waals surface area contributed by atoms with E-state index in [1.54, 1.807) is 29.2 Å². The zero-order chi connectivity index (χ0) is 16.1. The van der Waals surface area contributed by atoms with E-state index >= 15 is 0 Å². The molecule has 4 nitrogen and oxygen atoms in total. The van der Waals surface area contributed by atoms with Crippen LogP contribution in [0.2, 0.25) is 10.0 Å². The Kier molecular flexibility index (Phi) is 5.52. The summed E-state index contributed by atoms with van der Waals surface area (Å²) in [5.41, 5.74) is 1.63. The van der Waals surface area contributed by atoms with Crippen molar-refractivity contribution in [2.75, 3.05) is 11.9 Å². The van der Waals surface area contributed by atoms with Gasteiger partial charge in [-0.15, -0.1) is 6.58 Å². The van der Waals surface area contributed by atoms with Crippen molar-refractivity contribution in [3.8, 4) is 0 Å². The summed E-state index contributed by atoms with van der Waals surface area (Å²) in [7, 11) is 1.94. The zero-order valence-corrected chi connectivity index (χ0v) is 13.7. The topological polar surface area (TPSA) is 37.3 Å². The van der Waals surface area contributed by atoms with Gasteiger partial charge in [-0.25, -0.2) is 4.79 Å². The Morgan fingerprint density at radius 3 is 2.73 bits per heavy atom. The maximum Gasteiger partial charge on any atom is 0.322 e. The minimum atomic E-state index is -0.223. The van der Waals surface area contributed by atoms with E-state index in [1.165, 1.54) is 0 Å². The van der Waals surface area contributed by atoms with Gasteiger partial charge in [0.2, 0.25) is 0 Å². The Morgan fingerprint density at radius 1 is 1.36 bits per heavy atom. The molecular weight excluding hydrogens is 321 g/mol. The first-order valence-electron chi connectivity index (χ1n) is 6.73. The summed E-state index contributed by atoms with van der Waals surface area (Å²) in [5.74, 6) is 0. The number of aryl methyl sites for hydroxylation is 1. The van der Waals surface area contributed by atoms with Crippen molar-refractivity contribution in [3.63, 3.8) is 0 Å². The molecule has 0 bridgehead atoms. The number of nitrogens with zero attached hydrogens (tertiary/aromatic N) is 2. The van der Waals surface area contributed by atoms with Crippen molar-refractivity contribution < 1.29 is 4.79 Å². The van der Waals surface area contributed by atoms with Crippen molar-refractivity contribution in [2.24, 2.45) is 7.05 Å².